The third-order valence-electron chi connectivity index (χ3n) is 4.88. The predicted molar refractivity (Wildman–Crippen MR) is 95.7 cm³/mol. The zero-order valence-corrected chi connectivity index (χ0v) is 15.3. The lowest BCUT2D eigenvalue weighted by Crippen LogP contribution is -2.47. The third kappa shape index (κ3) is 3.61. The number of benzene rings is 1. The minimum atomic E-state index is 0.305. The predicted octanol–water partition coefficient (Wildman–Crippen LogP) is 1.70. The number of guanidine groups is 1. The van der Waals surface area contributed by atoms with Crippen molar-refractivity contribution in [2.75, 3.05) is 28.4 Å². The summed E-state index contributed by atoms with van der Waals surface area (Å²) in [6.45, 7) is 0.560. The maximum absolute atomic E-state index is 5.89. The van der Waals surface area contributed by atoms with Gasteiger partial charge in [0.1, 0.15) is 0 Å². The summed E-state index contributed by atoms with van der Waals surface area (Å²) < 4.78 is 22.2. The van der Waals surface area contributed by atoms with E-state index >= 15 is 0 Å². The summed E-state index contributed by atoms with van der Waals surface area (Å²) in [4.78, 5) is 4.32. The van der Waals surface area contributed by atoms with E-state index < -0.39 is 0 Å². The second-order valence-corrected chi connectivity index (χ2v) is 6.28. The molecule has 0 aliphatic carbocycles. The van der Waals surface area contributed by atoms with Crippen LogP contribution in [0.25, 0.3) is 0 Å². The van der Waals surface area contributed by atoms with Gasteiger partial charge in [-0.1, -0.05) is 0 Å². The molecule has 0 saturated carbocycles. The Labute approximate surface area is 148 Å². The molecule has 25 heavy (non-hydrogen) atoms. The Morgan fingerprint density at radius 3 is 2.52 bits per heavy atom. The average molecular weight is 349 g/mol. The van der Waals surface area contributed by atoms with Crippen molar-refractivity contribution in [2.24, 2.45) is 4.99 Å². The van der Waals surface area contributed by atoms with Crippen LogP contribution >= 0.6 is 0 Å². The van der Waals surface area contributed by atoms with Gasteiger partial charge in [-0.25, -0.2) is 0 Å². The Kier molecular flexibility index (Phi) is 5.53. The van der Waals surface area contributed by atoms with E-state index in [1.165, 1.54) is 6.42 Å². The standard InChI is InChI=1S/C18H27N3O4/c1-19-18(21-13-9-12-6-8-14(13)25-12)20-10-11-5-7-15(22-2)17(24-4)16(11)23-3/h5,7,12-14H,6,8-10H2,1-4H3,(H2,19,20,21). The van der Waals surface area contributed by atoms with Crippen molar-refractivity contribution in [1.29, 1.82) is 0 Å². The van der Waals surface area contributed by atoms with E-state index in [1.807, 2.05) is 12.1 Å². The fourth-order valence-electron chi connectivity index (χ4n) is 3.64. The molecule has 0 aromatic heterocycles. The molecule has 2 bridgehead atoms. The fraction of sp³-hybridized carbons (Fsp3) is 0.611. The quantitative estimate of drug-likeness (QED) is 0.602. The lowest BCUT2D eigenvalue weighted by atomic mass is 9.96. The summed E-state index contributed by atoms with van der Waals surface area (Å²) in [5.74, 6) is 2.66. The number of hydrogen-bond acceptors (Lipinski definition) is 5. The lowest BCUT2D eigenvalue weighted by molar-refractivity contribution is 0.0992. The summed E-state index contributed by atoms with van der Waals surface area (Å²) in [6, 6.07) is 4.16. The molecule has 1 aromatic rings. The Hall–Kier alpha value is -2.15. The molecule has 3 atom stereocenters. The van der Waals surface area contributed by atoms with Gasteiger partial charge in [0.05, 0.1) is 39.6 Å². The Morgan fingerprint density at radius 1 is 1.16 bits per heavy atom. The molecule has 0 spiro atoms. The summed E-state index contributed by atoms with van der Waals surface area (Å²) in [5.41, 5.74) is 0.965. The molecule has 3 rings (SSSR count). The van der Waals surface area contributed by atoms with Crippen LogP contribution in [0.3, 0.4) is 0 Å². The highest BCUT2D eigenvalue weighted by Gasteiger charge is 2.41. The molecule has 2 N–H and O–H groups in total. The van der Waals surface area contributed by atoms with Crippen LogP contribution in [0.2, 0.25) is 0 Å². The Bertz CT molecular complexity index is 635. The molecule has 2 aliphatic rings. The number of fused-ring (bicyclic) bond motifs is 2. The van der Waals surface area contributed by atoms with Crippen LogP contribution in [0.15, 0.2) is 17.1 Å². The van der Waals surface area contributed by atoms with E-state index in [0.29, 0.717) is 42.0 Å². The van der Waals surface area contributed by atoms with Crippen molar-refractivity contribution in [3.05, 3.63) is 17.7 Å². The van der Waals surface area contributed by atoms with Gasteiger partial charge in [-0.05, 0) is 31.4 Å². The average Bonchev–Trinajstić information content (AvgIpc) is 3.27. The third-order valence-corrected chi connectivity index (χ3v) is 4.88. The summed E-state index contributed by atoms with van der Waals surface area (Å²) in [7, 11) is 6.61. The monoisotopic (exact) mass is 349 g/mol. The number of ether oxygens (including phenoxy) is 4. The van der Waals surface area contributed by atoms with Crippen molar-refractivity contribution < 1.29 is 18.9 Å². The molecule has 3 unspecified atom stereocenters. The molecule has 0 radical (unpaired) electrons. The second-order valence-electron chi connectivity index (χ2n) is 6.28. The van der Waals surface area contributed by atoms with Gasteiger partial charge in [0.2, 0.25) is 5.75 Å². The number of nitrogens with zero attached hydrogens (tertiary/aromatic N) is 1. The van der Waals surface area contributed by atoms with Crippen molar-refractivity contribution >= 4 is 5.96 Å². The minimum Gasteiger partial charge on any atom is -0.493 e. The lowest BCUT2D eigenvalue weighted by Gasteiger charge is -2.23. The zero-order valence-electron chi connectivity index (χ0n) is 15.3. The van der Waals surface area contributed by atoms with Crippen LogP contribution < -0.4 is 24.8 Å². The number of hydrogen-bond donors (Lipinski definition) is 2. The first-order valence-corrected chi connectivity index (χ1v) is 8.60. The van der Waals surface area contributed by atoms with E-state index in [0.717, 1.165) is 24.4 Å². The molecule has 2 aliphatic heterocycles. The van der Waals surface area contributed by atoms with Crippen LogP contribution in [-0.4, -0.2) is 52.6 Å². The van der Waals surface area contributed by atoms with E-state index in [2.05, 4.69) is 15.6 Å². The van der Waals surface area contributed by atoms with Crippen molar-refractivity contribution in [1.82, 2.24) is 10.6 Å². The van der Waals surface area contributed by atoms with E-state index in [-0.39, 0.29) is 0 Å². The summed E-state index contributed by atoms with van der Waals surface area (Å²) in [5, 5.41) is 6.82. The number of rotatable bonds is 6. The molecular weight excluding hydrogens is 322 g/mol. The number of aliphatic imine (C=N–C) groups is 1. The van der Waals surface area contributed by atoms with Crippen molar-refractivity contribution in [2.45, 2.75) is 44.1 Å². The molecule has 7 heteroatoms. The van der Waals surface area contributed by atoms with Crippen molar-refractivity contribution in [3.8, 4) is 17.2 Å². The highest BCUT2D eigenvalue weighted by Crippen LogP contribution is 2.39. The normalized spacial score (nSPS) is 25.0. The van der Waals surface area contributed by atoms with Crippen LogP contribution in [-0.2, 0) is 11.3 Å². The van der Waals surface area contributed by atoms with Gasteiger partial charge in [-0.2, -0.15) is 0 Å². The number of nitrogens with one attached hydrogen (secondary N) is 2. The highest BCUT2D eigenvalue weighted by molar-refractivity contribution is 5.80. The van der Waals surface area contributed by atoms with Gasteiger partial charge in [-0.3, -0.25) is 4.99 Å². The maximum atomic E-state index is 5.89. The SMILES string of the molecule is CN=C(NCc1ccc(OC)c(OC)c1OC)NC1CC2CCC1O2. The molecule has 1 aromatic carbocycles. The summed E-state index contributed by atoms with van der Waals surface area (Å²) in [6.07, 6.45) is 4.07. The van der Waals surface area contributed by atoms with Crippen LogP contribution in [0, 0.1) is 0 Å². The van der Waals surface area contributed by atoms with Crippen LogP contribution in [0.5, 0.6) is 17.2 Å². The number of methoxy groups -OCH3 is 3. The zero-order chi connectivity index (χ0) is 17.8. The molecular formula is C18H27N3O4. The van der Waals surface area contributed by atoms with Crippen LogP contribution in [0.1, 0.15) is 24.8 Å². The maximum Gasteiger partial charge on any atom is 0.203 e. The Balaban J connectivity index is 1.65. The first-order valence-electron chi connectivity index (χ1n) is 8.60. The van der Waals surface area contributed by atoms with Gasteiger partial charge >= 0.3 is 0 Å². The first kappa shape index (κ1) is 17.7. The molecule has 0 amide bonds. The smallest absolute Gasteiger partial charge is 0.203 e. The molecule has 2 heterocycles. The topological polar surface area (TPSA) is 73.3 Å². The highest BCUT2D eigenvalue weighted by atomic mass is 16.5. The van der Waals surface area contributed by atoms with Gasteiger partial charge < -0.3 is 29.6 Å². The first-order chi connectivity index (χ1) is 12.2. The van der Waals surface area contributed by atoms with Gasteiger partial charge in [0.25, 0.3) is 0 Å². The second kappa shape index (κ2) is 7.82. The van der Waals surface area contributed by atoms with E-state index in [9.17, 15) is 0 Å². The fourth-order valence-corrected chi connectivity index (χ4v) is 3.64. The van der Waals surface area contributed by atoms with Gasteiger partial charge in [0.15, 0.2) is 17.5 Å². The van der Waals surface area contributed by atoms with Gasteiger partial charge in [-0.15, -0.1) is 0 Å². The van der Waals surface area contributed by atoms with E-state index in [1.54, 1.807) is 28.4 Å². The van der Waals surface area contributed by atoms with Crippen LogP contribution in [0.4, 0.5) is 0 Å². The Morgan fingerprint density at radius 2 is 1.96 bits per heavy atom. The van der Waals surface area contributed by atoms with E-state index in [4.69, 9.17) is 18.9 Å². The largest absolute Gasteiger partial charge is 0.493 e. The van der Waals surface area contributed by atoms with Crippen molar-refractivity contribution in [3.63, 3.8) is 0 Å². The van der Waals surface area contributed by atoms with Gasteiger partial charge in [0, 0.05) is 19.2 Å². The molecule has 2 saturated heterocycles. The molecule has 2 fully saturated rings. The molecule has 7 nitrogen and oxygen atoms in total. The molecule has 138 valence electrons. The minimum absolute atomic E-state index is 0.305. The summed E-state index contributed by atoms with van der Waals surface area (Å²) >= 11 is 0.